The number of aromatic nitrogens is 6. The van der Waals surface area contributed by atoms with Crippen LogP contribution >= 0.6 is 0 Å². The van der Waals surface area contributed by atoms with Crippen molar-refractivity contribution in [1.82, 2.24) is 29.6 Å². The number of piperidine rings is 1. The third kappa shape index (κ3) is 6.72. The third-order valence-electron chi connectivity index (χ3n) is 9.27. The van der Waals surface area contributed by atoms with E-state index in [0.29, 0.717) is 49.0 Å². The van der Waals surface area contributed by atoms with Gasteiger partial charge in [-0.2, -0.15) is 9.61 Å². The molecule has 2 fully saturated rings. The summed E-state index contributed by atoms with van der Waals surface area (Å²) in [6, 6.07) is 1.94. The Bertz CT molecular complexity index is 1540. The molecule has 12 heteroatoms. The van der Waals surface area contributed by atoms with Crippen LogP contribution in [0.1, 0.15) is 114 Å². The van der Waals surface area contributed by atoms with Crippen LogP contribution < -0.4 is 4.90 Å². The van der Waals surface area contributed by atoms with Crippen LogP contribution in [0.25, 0.3) is 5.65 Å². The highest BCUT2D eigenvalue weighted by molar-refractivity contribution is 5.78. The second kappa shape index (κ2) is 12.4. The molecule has 1 aliphatic carbocycles. The number of nitrogens with zero attached hydrogens (tertiary/aromatic N) is 7. The lowest BCUT2D eigenvalue weighted by molar-refractivity contribution is -0.160. The largest absolute Gasteiger partial charge is 0.495 e. The predicted octanol–water partition coefficient (Wildman–Crippen LogP) is 5.48. The van der Waals surface area contributed by atoms with Gasteiger partial charge in [0, 0.05) is 44.3 Å². The maximum atomic E-state index is 12.7. The standard InChI is InChI=1S/C33H47N7O5/c1-23-27(28(30(41)42)45-31(2,3)4)29-38-16-14-32(5,15-17-38)43-18-10-7-11-19-44-33(12-8-6-9-13-33)25-22-39(37-35-25)21-24-20-26(34-23)40(29)36-24/h10,18,20,22,28H,6-9,11-17,19,21H2,1-5H3,(H,41,42)/b18-10-/t28-/m0/s1. The van der Waals surface area contributed by atoms with Gasteiger partial charge in [0.25, 0.3) is 0 Å². The molecule has 1 N–H and O–H groups in total. The maximum Gasteiger partial charge on any atom is 0.337 e. The van der Waals surface area contributed by atoms with Gasteiger partial charge in [0.2, 0.25) is 0 Å². The highest BCUT2D eigenvalue weighted by Gasteiger charge is 2.39. The highest BCUT2D eigenvalue weighted by Crippen LogP contribution is 2.40. The van der Waals surface area contributed by atoms with E-state index in [-0.39, 0.29) is 5.60 Å². The van der Waals surface area contributed by atoms with Crippen LogP contribution in [-0.4, -0.2) is 71.6 Å². The third-order valence-corrected chi connectivity index (χ3v) is 9.27. The van der Waals surface area contributed by atoms with Gasteiger partial charge in [-0.25, -0.2) is 14.5 Å². The first-order chi connectivity index (χ1) is 21.5. The fraction of sp³-hybridized carbons (Fsp3) is 0.667. The lowest BCUT2D eigenvalue weighted by Gasteiger charge is -2.41. The van der Waals surface area contributed by atoms with Gasteiger partial charge in [-0.1, -0.05) is 24.5 Å². The zero-order valence-electron chi connectivity index (χ0n) is 27.3. The summed E-state index contributed by atoms with van der Waals surface area (Å²) < 4.78 is 22.7. The topological polar surface area (TPSA) is 129 Å². The molecule has 3 aliphatic heterocycles. The van der Waals surface area contributed by atoms with Gasteiger partial charge >= 0.3 is 5.97 Å². The second-order valence-corrected chi connectivity index (χ2v) is 14.1. The maximum absolute atomic E-state index is 12.7. The van der Waals surface area contributed by atoms with Gasteiger partial charge in [-0.3, -0.25) is 0 Å². The van der Waals surface area contributed by atoms with Crippen molar-refractivity contribution in [3.8, 4) is 0 Å². The number of rotatable bonds is 3. The second-order valence-electron chi connectivity index (χ2n) is 14.1. The number of fused-ring (bicyclic) bond motifs is 7. The summed E-state index contributed by atoms with van der Waals surface area (Å²) in [5.41, 5.74) is 1.95. The molecule has 4 aliphatic rings. The molecule has 244 valence electrons. The first-order valence-corrected chi connectivity index (χ1v) is 16.4. The molecule has 0 amide bonds. The summed E-state index contributed by atoms with van der Waals surface area (Å²) in [5, 5.41) is 24.5. The van der Waals surface area contributed by atoms with Crippen molar-refractivity contribution in [2.75, 3.05) is 24.6 Å². The van der Waals surface area contributed by atoms with Crippen LogP contribution in [0.4, 0.5) is 5.82 Å². The average molecular weight is 622 g/mol. The van der Waals surface area contributed by atoms with E-state index in [1.807, 2.05) is 50.9 Å². The van der Waals surface area contributed by atoms with Crippen molar-refractivity contribution in [3.05, 3.63) is 47.2 Å². The van der Waals surface area contributed by atoms with Gasteiger partial charge < -0.3 is 24.2 Å². The number of hydrogen-bond donors (Lipinski definition) is 1. The van der Waals surface area contributed by atoms with Crippen LogP contribution in [0.15, 0.2) is 24.6 Å². The number of hydrogen-bond acceptors (Lipinski definition) is 9. The molecule has 6 bridgehead atoms. The Morgan fingerprint density at radius 2 is 1.87 bits per heavy atom. The minimum atomic E-state index is -1.22. The number of aliphatic carboxylic acids is 1. The number of ether oxygens (including phenoxy) is 3. The van der Waals surface area contributed by atoms with E-state index in [9.17, 15) is 9.90 Å². The zero-order valence-corrected chi connectivity index (χ0v) is 27.3. The molecule has 1 saturated carbocycles. The molecule has 0 aromatic carbocycles. The van der Waals surface area contributed by atoms with E-state index in [2.05, 4.69) is 28.2 Å². The van der Waals surface area contributed by atoms with E-state index < -0.39 is 23.3 Å². The SMILES string of the molecule is Cc1nc2cc3nn2c(c1[C@H](OC(C)(C)C)C(=O)O)N1CCC(C)(CC1)O/C=C\CCCOC1(CCCCC1)c1cn(nn1)C3. The van der Waals surface area contributed by atoms with Gasteiger partial charge in [0.15, 0.2) is 11.8 Å². The van der Waals surface area contributed by atoms with Gasteiger partial charge in [0.1, 0.15) is 22.7 Å². The summed E-state index contributed by atoms with van der Waals surface area (Å²) in [5.74, 6) is -0.366. The smallest absolute Gasteiger partial charge is 0.337 e. The summed E-state index contributed by atoms with van der Waals surface area (Å²) in [6.45, 7) is 12.0. The molecule has 12 nitrogen and oxygen atoms in total. The molecule has 1 atom stereocenters. The number of carboxylic acid groups (broad SMARTS) is 1. The first-order valence-electron chi connectivity index (χ1n) is 16.4. The Hall–Kier alpha value is -3.51. The van der Waals surface area contributed by atoms with E-state index in [1.54, 1.807) is 4.52 Å². The van der Waals surface area contributed by atoms with Crippen LogP contribution in [0.5, 0.6) is 0 Å². The predicted molar refractivity (Wildman–Crippen MR) is 168 cm³/mol. The fourth-order valence-corrected chi connectivity index (χ4v) is 6.84. The van der Waals surface area contributed by atoms with Crippen LogP contribution in [0.2, 0.25) is 0 Å². The molecule has 1 spiro atoms. The summed E-state index contributed by atoms with van der Waals surface area (Å²) in [6.07, 6.45) is 13.3. The van der Waals surface area contributed by atoms with Gasteiger partial charge in [-0.05, 0) is 66.4 Å². The van der Waals surface area contributed by atoms with E-state index >= 15 is 0 Å². The van der Waals surface area contributed by atoms with Crippen molar-refractivity contribution < 1.29 is 24.1 Å². The molecule has 7 rings (SSSR count). The Labute approximate surface area is 264 Å². The molecule has 0 unspecified atom stereocenters. The van der Waals surface area contributed by atoms with Gasteiger partial charge in [0.05, 0.1) is 35.9 Å². The minimum absolute atomic E-state index is 0.330. The minimum Gasteiger partial charge on any atom is -0.495 e. The molecule has 6 heterocycles. The molecule has 0 radical (unpaired) electrons. The van der Waals surface area contributed by atoms with Crippen LogP contribution in [-0.2, 0) is 31.2 Å². The number of allylic oxidation sites excluding steroid dienone is 1. The zero-order chi connectivity index (χ0) is 31.8. The number of carbonyl (C=O) groups is 1. The Morgan fingerprint density at radius 1 is 1.11 bits per heavy atom. The highest BCUT2D eigenvalue weighted by atomic mass is 16.5. The van der Waals surface area contributed by atoms with E-state index in [4.69, 9.17) is 24.3 Å². The number of carboxylic acids is 1. The quantitative estimate of drug-likeness (QED) is 0.402. The van der Waals surface area contributed by atoms with Crippen molar-refractivity contribution in [2.24, 2.45) is 0 Å². The monoisotopic (exact) mass is 621 g/mol. The summed E-state index contributed by atoms with van der Waals surface area (Å²) in [4.78, 5) is 19.8. The fourth-order valence-electron chi connectivity index (χ4n) is 6.84. The van der Waals surface area contributed by atoms with Crippen LogP contribution in [0, 0.1) is 6.92 Å². The van der Waals surface area contributed by atoms with Crippen LogP contribution in [0.3, 0.4) is 0 Å². The Balaban J connectivity index is 1.45. The molecule has 3 aromatic rings. The van der Waals surface area contributed by atoms with E-state index in [0.717, 1.165) is 62.8 Å². The summed E-state index contributed by atoms with van der Waals surface area (Å²) >= 11 is 0. The van der Waals surface area contributed by atoms with Crippen molar-refractivity contribution >= 4 is 17.4 Å². The summed E-state index contributed by atoms with van der Waals surface area (Å²) in [7, 11) is 0. The molecular weight excluding hydrogens is 574 g/mol. The lowest BCUT2D eigenvalue weighted by atomic mass is 9.82. The van der Waals surface area contributed by atoms with Crippen molar-refractivity contribution in [1.29, 1.82) is 0 Å². The molecular formula is C33H47N7O5. The number of anilines is 1. The Kier molecular flexibility index (Phi) is 8.64. The van der Waals surface area contributed by atoms with Gasteiger partial charge in [-0.15, -0.1) is 5.10 Å². The van der Waals surface area contributed by atoms with E-state index in [1.165, 1.54) is 6.42 Å². The lowest BCUT2D eigenvalue weighted by Crippen LogP contribution is -2.45. The molecule has 3 aromatic heterocycles. The van der Waals surface area contributed by atoms with Crippen molar-refractivity contribution in [3.63, 3.8) is 0 Å². The number of aryl methyl sites for hydroxylation is 1. The Morgan fingerprint density at radius 3 is 2.58 bits per heavy atom. The normalized spacial score (nSPS) is 21.9. The molecule has 45 heavy (non-hydrogen) atoms. The molecule has 1 saturated heterocycles. The van der Waals surface area contributed by atoms with Crippen molar-refractivity contribution in [2.45, 2.75) is 122 Å². The first kappa shape index (κ1) is 31.5. The average Bonchev–Trinajstić information content (AvgIpc) is 3.62.